The highest BCUT2D eigenvalue weighted by atomic mass is 16.5. The zero-order valence-electron chi connectivity index (χ0n) is 15.9. The van der Waals surface area contributed by atoms with E-state index in [9.17, 15) is 0 Å². The van der Waals surface area contributed by atoms with Crippen molar-refractivity contribution in [1.82, 2.24) is 10.6 Å². The fourth-order valence-corrected chi connectivity index (χ4v) is 3.86. The maximum absolute atomic E-state index is 5.91. The molecular weight excluding hydrogens is 330 g/mol. The number of hydrogen-bond donors (Lipinski definition) is 2. The molecule has 2 saturated heterocycles. The Bertz CT molecular complexity index is 675. The van der Waals surface area contributed by atoms with Gasteiger partial charge in [-0.15, -0.1) is 6.58 Å². The number of rotatable bonds is 7. The molecule has 1 aromatic carbocycles. The highest BCUT2D eigenvalue weighted by Gasteiger charge is 2.41. The normalized spacial score (nSPS) is 24.4. The summed E-state index contributed by atoms with van der Waals surface area (Å²) in [6.07, 6.45) is 6.71. The van der Waals surface area contributed by atoms with Gasteiger partial charge >= 0.3 is 0 Å². The molecule has 142 valence electrons. The van der Waals surface area contributed by atoms with Crippen LogP contribution in [0.15, 0.2) is 29.8 Å². The van der Waals surface area contributed by atoms with E-state index in [0.29, 0.717) is 24.8 Å². The molecule has 2 fully saturated rings. The minimum Gasteiger partial charge on any atom is -0.493 e. The predicted octanol–water partition coefficient (Wildman–Crippen LogP) is 2.42. The lowest BCUT2D eigenvalue weighted by Crippen LogP contribution is -2.47. The van der Waals surface area contributed by atoms with E-state index in [1.165, 1.54) is 6.42 Å². The number of aliphatic imine (C=N–C) groups is 1. The summed E-state index contributed by atoms with van der Waals surface area (Å²) < 4.78 is 16.9. The van der Waals surface area contributed by atoms with Crippen LogP contribution in [0, 0.1) is 0 Å². The van der Waals surface area contributed by atoms with E-state index >= 15 is 0 Å². The zero-order chi connectivity index (χ0) is 18.5. The summed E-state index contributed by atoms with van der Waals surface area (Å²) in [6.45, 7) is 4.47. The van der Waals surface area contributed by atoms with Crippen LogP contribution in [0.25, 0.3) is 0 Å². The molecule has 26 heavy (non-hydrogen) atoms. The van der Waals surface area contributed by atoms with E-state index in [0.717, 1.165) is 47.8 Å². The van der Waals surface area contributed by atoms with Gasteiger partial charge in [0.25, 0.3) is 0 Å². The van der Waals surface area contributed by atoms with Crippen molar-refractivity contribution in [3.63, 3.8) is 0 Å². The SMILES string of the molecule is C=CCc1cc(CNC(=NC)NC2CC3CCC2O3)cc(OC)c1OC. The summed E-state index contributed by atoms with van der Waals surface area (Å²) in [7, 11) is 5.11. The van der Waals surface area contributed by atoms with Crippen LogP contribution in [0.3, 0.4) is 0 Å². The van der Waals surface area contributed by atoms with Crippen molar-refractivity contribution in [2.45, 2.75) is 50.5 Å². The number of guanidine groups is 1. The van der Waals surface area contributed by atoms with Gasteiger partial charge in [-0.25, -0.2) is 0 Å². The third kappa shape index (κ3) is 3.96. The summed E-state index contributed by atoms with van der Waals surface area (Å²) in [5, 5.41) is 6.89. The van der Waals surface area contributed by atoms with E-state index in [4.69, 9.17) is 14.2 Å². The molecule has 2 heterocycles. The maximum atomic E-state index is 5.91. The smallest absolute Gasteiger partial charge is 0.191 e. The molecule has 1 aromatic rings. The molecule has 0 aromatic heterocycles. The minimum atomic E-state index is 0.318. The summed E-state index contributed by atoms with van der Waals surface area (Å²) in [4.78, 5) is 4.35. The maximum Gasteiger partial charge on any atom is 0.191 e. The number of methoxy groups -OCH3 is 2. The molecule has 6 nitrogen and oxygen atoms in total. The van der Waals surface area contributed by atoms with Crippen LogP contribution in [-0.4, -0.2) is 45.5 Å². The summed E-state index contributed by atoms with van der Waals surface area (Å²) in [5.74, 6) is 2.29. The molecule has 0 amide bonds. The lowest BCUT2D eigenvalue weighted by atomic mass is 9.96. The fraction of sp³-hybridized carbons (Fsp3) is 0.550. The molecule has 3 atom stereocenters. The van der Waals surface area contributed by atoms with Crippen LogP contribution >= 0.6 is 0 Å². The molecule has 2 aliphatic heterocycles. The van der Waals surface area contributed by atoms with Crippen molar-refractivity contribution < 1.29 is 14.2 Å². The molecule has 3 rings (SSSR count). The average Bonchev–Trinajstić information content (AvgIpc) is 3.27. The number of benzene rings is 1. The van der Waals surface area contributed by atoms with Crippen molar-refractivity contribution in [2.75, 3.05) is 21.3 Å². The molecular formula is C20H29N3O3. The Morgan fingerprint density at radius 2 is 2.19 bits per heavy atom. The van der Waals surface area contributed by atoms with Gasteiger partial charge in [0, 0.05) is 19.2 Å². The molecule has 0 spiro atoms. The Kier molecular flexibility index (Phi) is 6.04. The standard InChI is InChI=1S/C20H29N3O3/c1-5-6-14-9-13(10-18(24-3)19(14)25-4)12-22-20(21-2)23-16-11-15-7-8-17(16)26-15/h5,9-10,15-17H,1,6-8,11-12H2,2-4H3,(H2,21,22,23). The first-order valence-electron chi connectivity index (χ1n) is 9.15. The average molecular weight is 359 g/mol. The van der Waals surface area contributed by atoms with Crippen molar-refractivity contribution in [1.29, 1.82) is 0 Å². The Morgan fingerprint density at radius 1 is 1.35 bits per heavy atom. The molecule has 2 N–H and O–H groups in total. The molecule has 6 heteroatoms. The number of allylic oxidation sites excluding steroid dienone is 1. The highest BCUT2D eigenvalue weighted by Crippen LogP contribution is 2.34. The monoisotopic (exact) mass is 359 g/mol. The molecule has 0 saturated carbocycles. The van der Waals surface area contributed by atoms with Gasteiger partial charge < -0.3 is 24.8 Å². The van der Waals surface area contributed by atoms with Gasteiger partial charge in [-0.05, 0) is 43.4 Å². The first-order chi connectivity index (χ1) is 12.7. The van der Waals surface area contributed by atoms with Gasteiger partial charge in [0.05, 0.1) is 32.5 Å². The lowest BCUT2D eigenvalue weighted by molar-refractivity contribution is 0.0992. The summed E-state index contributed by atoms with van der Waals surface area (Å²) in [6, 6.07) is 4.46. The number of fused-ring (bicyclic) bond motifs is 2. The number of nitrogens with one attached hydrogen (secondary N) is 2. The van der Waals surface area contributed by atoms with E-state index < -0.39 is 0 Å². The van der Waals surface area contributed by atoms with Crippen molar-refractivity contribution in [3.05, 3.63) is 35.9 Å². The second-order valence-electron chi connectivity index (χ2n) is 6.77. The van der Waals surface area contributed by atoms with Crippen LogP contribution in [0.5, 0.6) is 11.5 Å². The molecule has 0 radical (unpaired) electrons. The fourth-order valence-electron chi connectivity index (χ4n) is 3.86. The first-order valence-corrected chi connectivity index (χ1v) is 9.15. The molecule has 2 bridgehead atoms. The van der Waals surface area contributed by atoms with E-state index in [2.05, 4.69) is 28.3 Å². The van der Waals surface area contributed by atoms with Crippen LogP contribution < -0.4 is 20.1 Å². The van der Waals surface area contributed by atoms with Crippen LogP contribution in [0.1, 0.15) is 30.4 Å². The van der Waals surface area contributed by atoms with Crippen LogP contribution in [-0.2, 0) is 17.7 Å². The Morgan fingerprint density at radius 3 is 2.77 bits per heavy atom. The summed E-state index contributed by atoms with van der Waals surface area (Å²) in [5.41, 5.74) is 2.16. The first kappa shape index (κ1) is 18.6. The predicted molar refractivity (Wildman–Crippen MR) is 103 cm³/mol. The molecule has 0 aliphatic carbocycles. The van der Waals surface area contributed by atoms with Gasteiger partial charge in [0.2, 0.25) is 0 Å². The van der Waals surface area contributed by atoms with Gasteiger partial charge in [0.15, 0.2) is 17.5 Å². The Hall–Kier alpha value is -2.21. The zero-order valence-corrected chi connectivity index (χ0v) is 15.9. The van der Waals surface area contributed by atoms with Crippen molar-refractivity contribution >= 4 is 5.96 Å². The number of ether oxygens (including phenoxy) is 3. The summed E-state index contributed by atoms with van der Waals surface area (Å²) >= 11 is 0. The third-order valence-corrected chi connectivity index (χ3v) is 5.09. The van der Waals surface area contributed by atoms with Crippen molar-refractivity contribution in [2.24, 2.45) is 4.99 Å². The minimum absolute atomic E-state index is 0.318. The molecule has 3 unspecified atom stereocenters. The van der Waals surface area contributed by atoms with E-state index in [-0.39, 0.29) is 0 Å². The van der Waals surface area contributed by atoms with Crippen LogP contribution in [0.4, 0.5) is 0 Å². The van der Waals surface area contributed by atoms with Crippen molar-refractivity contribution in [3.8, 4) is 11.5 Å². The Balaban J connectivity index is 1.65. The molecule has 2 aliphatic rings. The lowest BCUT2D eigenvalue weighted by Gasteiger charge is -2.23. The quantitative estimate of drug-likeness (QED) is 0.445. The van der Waals surface area contributed by atoms with E-state index in [1.54, 1.807) is 21.3 Å². The third-order valence-electron chi connectivity index (χ3n) is 5.09. The number of nitrogens with zero attached hydrogens (tertiary/aromatic N) is 1. The van der Waals surface area contributed by atoms with E-state index in [1.807, 2.05) is 12.1 Å². The van der Waals surface area contributed by atoms with Crippen LogP contribution in [0.2, 0.25) is 0 Å². The largest absolute Gasteiger partial charge is 0.493 e. The Labute approximate surface area is 155 Å². The second-order valence-corrected chi connectivity index (χ2v) is 6.77. The second kappa shape index (κ2) is 8.45. The van der Waals surface area contributed by atoms with Gasteiger partial charge in [0.1, 0.15) is 0 Å². The highest BCUT2D eigenvalue weighted by molar-refractivity contribution is 5.80. The van der Waals surface area contributed by atoms with Gasteiger partial charge in [-0.3, -0.25) is 4.99 Å². The number of hydrogen-bond acceptors (Lipinski definition) is 4. The topological polar surface area (TPSA) is 64.1 Å². The van der Waals surface area contributed by atoms with Gasteiger partial charge in [-0.1, -0.05) is 6.08 Å². The van der Waals surface area contributed by atoms with Gasteiger partial charge in [-0.2, -0.15) is 0 Å².